The summed E-state index contributed by atoms with van der Waals surface area (Å²) >= 11 is 0. The normalized spacial score (nSPS) is 14.8. The first kappa shape index (κ1) is 28.1. The molecule has 0 amide bonds. The Kier molecular flexibility index (Phi) is 6.98. The molecule has 0 saturated heterocycles. The first-order valence-electron chi connectivity index (χ1n) is 16.7. The molecule has 1 atom stereocenters. The molecule has 0 radical (unpaired) electrons. The summed E-state index contributed by atoms with van der Waals surface area (Å²) in [5, 5.41) is 2.44. The Morgan fingerprint density at radius 1 is 0.521 bits per heavy atom. The van der Waals surface area contributed by atoms with Crippen molar-refractivity contribution in [3.63, 3.8) is 0 Å². The minimum atomic E-state index is 0.381. The van der Waals surface area contributed by atoms with E-state index in [1.54, 1.807) is 0 Å². The van der Waals surface area contributed by atoms with Gasteiger partial charge in [-0.2, -0.15) is 0 Å². The third-order valence-corrected chi connectivity index (χ3v) is 9.73. The van der Waals surface area contributed by atoms with E-state index in [2.05, 4.69) is 198 Å². The van der Waals surface area contributed by atoms with Crippen molar-refractivity contribution >= 4 is 39.2 Å². The van der Waals surface area contributed by atoms with Gasteiger partial charge in [-0.05, 0) is 94.2 Å². The van der Waals surface area contributed by atoms with Crippen LogP contribution in [0.25, 0.3) is 33.0 Å². The van der Waals surface area contributed by atoms with Crippen molar-refractivity contribution in [2.45, 2.75) is 12.3 Å². The molecule has 9 rings (SSSR count). The maximum Gasteiger partial charge on any atom is 0.0540 e. The van der Waals surface area contributed by atoms with Gasteiger partial charge in [-0.15, -0.1) is 0 Å². The van der Waals surface area contributed by atoms with Crippen LogP contribution in [0.2, 0.25) is 0 Å². The molecule has 0 spiro atoms. The van der Waals surface area contributed by atoms with Gasteiger partial charge >= 0.3 is 0 Å². The van der Waals surface area contributed by atoms with Gasteiger partial charge in [-0.1, -0.05) is 133 Å². The monoisotopic (exact) mass is 614 g/mol. The Balaban J connectivity index is 1.16. The number of hydrogen-bond acceptors (Lipinski definition) is 2. The first-order valence-corrected chi connectivity index (χ1v) is 16.7. The molecule has 2 aliphatic rings. The lowest BCUT2D eigenvalue weighted by Crippen LogP contribution is -2.14. The third-order valence-electron chi connectivity index (χ3n) is 9.73. The Hall–Kier alpha value is -6.12. The highest BCUT2D eigenvalue weighted by Gasteiger charge is 2.35. The van der Waals surface area contributed by atoms with Crippen LogP contribution in [-0.2, 0) is 0 Å². The van der Waals surface area contributed by atoms with Gasteiger partial charge in [0.2, 0.25) is 0 Å². The van der Waals surface area contributed by atoms with Crippen LogP contribution in [0.5, 0.6) is 0 Å². The van der Waals surface area contributed by atoms with Gasteiger partial charge in [-0.25, -0.2) is 0 Å². The molecule has 0 N–H and O–H groups in total. The van der Waals surface area contributed by atoms with Crippen LogP contribution in [0.15, 0.2) is 194 Å². The molecule has 2 heteroatoms. The summed E-state index contributed by atoms with van der Waals surface area (Å²) in [7, 11) is 0. The van der Waals surface area contributed by atoms with Gasteiger partial charge < -0.3 is 9.80 Å². The zero-order chi connectivity index (χ0) is 31.9. The predicted molar refractivity (Wildman–Crippen MR) is 203 cm³/mol. The van der Waals surface area contributed by atoms with Gasteiger partial charge in [0.1, 0.15) is 0 Å². The van der Waals surface area contributed by atoms with Crippen LogP contribution in [0.3, 0.4) is 0 Å². The topological polar surface area (TPSA) is 6.48 Å². The van der Waals surface area contributed by atoms with E-state index in [1.807, 2.05) is 0 Å². The average molecular weight is 615 g/mol. The van der Waals surface area contributed by atoms with E-state index < -0.39 is 0 Å². The second-order valence-corrected chi connectivity index (χ2v) is 12.5. The molecule has 0 bridgehead atoms. The maximum absolute atomic E-state index is 2.45. The highest BCUT2D eigenvalue weighted by Crippen LogP contribution is 2.51. The zero-order valence-corrected chi connectivity index (χ0v) is 26.6. The lowest BCUT2D eigenvalue weighted by atomic mass is 9.91. The number of fused-ring (bicyclic) bond motifs is 4. The third kappa shape index (κ3) is 4.90. The van der Waals surface area contributed by atoms with E-state index in [-0.39, 0.29) is 0 Å². The van der Waals surface area contributed by atoms with Gasteiger partial charge in [0.25, 0.3) is 0 Å². The van der Waals surface area contributed by atoms with Crippen LogP contribution in [0.1, 0.15) is 17.9 Å². The van der Waals surface area contributed by atoms with Gasteiger partial charge in [-0.3, -0.25) is 0 Å². The largest absolute Gasteiger partial charge is 0.313 e. The minimum Gasteiger partial charge on any atom is -0.313 e. The number of benzene rings is 7. The molecule has 0 saturated carbocycles. The molecule has 48 heavy (non-hydrogen) atoms. The number of nitrogens with zero attached hydrogens (tertiary/aromatic N) is 2. The second-order valence-electron chi connectivity index (χ2n) is 12.5. The Morgan fingerprint density at radius 3 is 2.04 bits per heavy atom. The fourth-order valence-electron chi connectivity index (χ4n) is 7.44. The standard InChI is InChI=1S/C46H34N2/c1-3-13-33(14-4-1)34-25-28-39(29-26-34)47(44-24-12-16-35-15-7-8-21-41(35)44)40-20-11-17-36(31-40)37-27-30-43-42-22-9-10-23-45(42)48(46(43)32-37)38-18-5-2-6-19-38/h1-21,23-32,42H,22H2. The SMILES string of the molecule is C1=CCC2C(=C1)N(c1ccccc1)c1cc(-c3cccc(N(c4ccc(-c5ccccc5)cc4)c4cccc5ccccc45)c3)ccc12. The summed E-state index contributed by atoms with van der Waals surface area (Å²) in [5.74, 6) is 0.381. The first-order chi connectivity index (χ1) is 23.8. The van der Waals surface area contributed by atoms with Gasteiger partial charge in [0.15, 0.2) is 0 Å². The van der Waals surface area contributed by atoms with Gasteiger partial charge in [0, 0.05) is 34.1 Å². The molecule has 1 unspecified atom stereocenters. The van der Waals surface area contributed by atoms with Crippen molar-refractivity contribution < 1.29 is 0 Å². The highest BCUT2D eigenvalue weighted by atomic mass is 15.2. The van der Waals surface area contributed by atoms with Crippen molar-refractivity contribution in [1.29, 1.82) is 0 Å². The Labute approximate surface area is 282 Å². The second kappa shape index (κ2) is 11.9. The van der Waals surface area contributed by atoms with E-state index in [0.29, 0.717) is 5.92 Å². The molecule has 7 aromatic rings. The fourth-order valence-corrected chi connectivity index (χ4v) is 7.44. The highest BCUT2D eigenvalue weighted by molar-refractivity contribution is 5.99. The summed E-state index contributed by atoms with van der Waals surface area (Å²) in [6.07, 6.45) is 7.80. The van der Waals surface area contributed by atoms with Crippen LogP contribution in [-0.4, -0.2) is 0 Å². The number of hydrogen-bond donors (Lipinski definition) is 0. The molecule has 0 fully saturated rings. The van der Waals surface area contributed by atoms with Crippen LogP contribution in [0, 0.1) is 0 Å². The van der Waals surface area contributed by atoms with E-state index >= 15 is 0 Å². The van der Waals surface area contributed by atoms with E-state index in [1.165, 1.54) is 55.7 Å². The molecule has 1 aliphatic heterocycles. The smallest absolute Gasteiger partial charge is 0.0540 e. The molecule has 0 aromatic heterocycles. The summed E-state index contributed by atoms with van der Waals surface area (Å²) in [6, 6.07) is 61.6. The van der Waals surface area contributed by atoms with Gasteiger partial charge in [0.05, 0.1) is 11.4 Å². The summed E-state index contributed by atoms with van der Waals surface area (Å²) in [6.45, 7) is 0. The summed E-state index contributed by atoms with van der Waals surface area (Å²) in [5.41, 5.74) is 13.4. The number of para-hydroxylation sites is 1. The van der Waals surface area contributed by atoms with Crippen LogP contribution < -0.4 is 9.80 Å². The average Bonchev–Trinajstić information content (AvgIpc) is 3.50. The fraction of sp³-hybridized carbons (Fsp3) is 0.0435. The van der Waals surface area contributed by atoms with Crippen molar-refractivity contribution in [2.24, 2.45) is 0 Å². The molecule has 2 nitrogen and oxygen atoms in total. The molecule has 7 aromatic carbocycles. The van der Waals surface area contributed by atoms with E-state index in [4.69, 9.17) is 0 Å². The molecule has 1 aliphatic carbocycles. The van der Waals surface area contributed by atoms with E-state index in [9.17, 15) is 0 Å². The summed E-state index contributed by atoms with van der Waals surface area (Å²) in [4.78, 5) is 4.85. The van der Waals surface area contributed by atoms with Crippen molar-refractivity contribution in [1.82, 2.24) is 0 Å². The lowest BCUT2D eigenvalue weighted by molar-refractivity contribution is 0.819. The van der Waals surface area contributed by atoms with Crippen LogP contribution >= 0.6 is 0 Å². The number of anilines is 5. The predicted octanol–water partition coefficient (Wildman–Crippen LogP) is 12.7. The van der Waals surface area contributed by atoms with Crippen molar-refractivity contribution in [3.05, 3.63) is 199 Å². The van der Waals surface area contributed by atoms with Crippen molar-refractivity contribution in [3.8, 4) is 22.3 Å². The maximum atomic E-state index is 2.45. The quantitative estimate of drug-likeness (QED) is 0.184. The lowest BCUT2D eigenvalue weighted by Gasteiger charge is -2.27. The van der Waals surface area contributed by atoms with E-state index in [0.717, 1.165) is 23.5 Å². The number of allylic oxidation sites excluding steroid dienone is 4. The summed E-state index contributed by atoms with van der Waals surface area (Å²) < 4.78 is 0. The molecule has 1 heterocycles. The molecular formula is C46H34N2. The Bertz CT molecular complexity index is 2310. The van der Waals surface area contributed by atoms with Crippen molar-refractivity contribution in [2.75, 3.05) is 9.80 Å². The Morgan fingerprint density at radius 2 is 1.19 bits per heavy atom. The molecule has 228 valence electrons. The molecular weight excluding hydrogens is 581 g/mol. The zero-order valence-electron chi connectivity index (χ0n) is 26.6. The van der Waals surface area contributed by atoms with Crippen LogP contribution in [0.4, 0.5) is 28.4 Å². The minimum absolute atomic E-state index is 0.381. The number of rotatable bonds is 6.